The van der Waals surface area contributed by atoms with E-state index in [0.717, 1.165) is 12.8 Å². The van der Waals surface area contributed by atoms with Crippen LogP contribution in [0.5, 0.6) is 0 Å². The van der Waals surface area contributed by atoms with Crippen LogP contribution < -0.4 is 10.0 Å². The topological polar surface area (TPSA) is 81.8 Å². The summed E-state index contributed by atoms with van der Waals surface area (Å²) < 4.78 is 28.3. The first-order valence-electron chi connectivity index (χ1n) is 6.13. The average molecular weight is 276 g/mol. The summed E-state index contributed by atoms with van der Waals surface area (Å²) >= 11 is 0. The van der Waals surface area contributed by atoms with Gasteiger partial charge in [-0.25, -0.2) is 0 Å². The van der Waals surface area contributed by atoms with Gasteiger partial charge in [0.25, 0.3) is 10.2 Å². The highest BCUT2D eigenvalue weighted by Gasteiger charge is 2.39. The monoisotopic (exact) mass is 276 g/mol. The maximum absolute atomic E-state index is 12.2. The van der Waals surface area contributed by atoms with E-state index < -0.39 is 16.3 Å². The van der Waals surface area contributed by atoms with Crippen LogP contribution >= 0.6 is 0 Å². The van der Waals surface area contributed by atoms with Crippen molar-refractivity contribution in [2.24, 2.45) is 0 Å². The Morgan fingerprint density at radius 1 is 1.39 bits per heavy atom. The number of carbonyl (C=O) groups excluding carboxylic acids is 1. The highest BCUT2D eigenvalue weighted by atomic mass is 32.2. The molecule has 7 nitrogen and oxygen atoms in total. The van der Waals surface area contributed by atoms with Crippen molar-refractivity contribution in [2.75, 3.05) is 33.7 Å². The van der Waals surface area contributed by atoms with Crippen molar-refractivity contribution in [1.29, 1.82) is 0 Å². The molecule has 1 heterocycles. The van der Waals surface area contributed by atoms with Gasteiger partial charge in [-0.05, 0) is 12.8 Å². The molecule has 0 bridgehead atoms. The van der Waals surface area contributed by atoms with Crippen LogP contribution in [0.2, 0.25) is 0 Å². The summed E-state index contributed by atoms with van der Waals surface area (Å²) in [6.07, 6.45) is 1.77. The smallest absolute Gasteiger partial charge is 0.280 e. The predicted octanol–water partition coefficient (Wildman–Crippen LogP) is -1.65. The lowest BCUT2D eigenvalue weighted by molar-refractivity contribution is -0.133. The Morgan fingerprint density at radius 3 is 2.61 bits per heavy atom. The van der Waals surface area contributed by atoms with Gasteiger partial charge in [0.1, 0.15) is 6.04 Å². The van der Waals surface area contributed by atoms with Crippen LogP contribution in [0, 0.1) is 0 Å². The van der Waals surface area contributed by atoms with Gasteiger partial charge in [-0.1, -0.05) is 0 Å². The maximum Gasteiger partial charge on any atom is 0.280 e. The molecule has 1 aliphatic carbocycles. The van der Waals surface area contributed by atoms with E-state index in [-0.39, 0.29) is 11.9 Å². The van der Waals surface area contributed by atoms with Crippen molar-refractivity contribution < 1.29 is 13.2 Å². The third-order valence-corrected chi connectivity index (χ3v) is 4.81. The Bertz CT molecular complexity index is 419. The zero-order chi connectivity index (χ0) is 13.3. The lowest BCUT2D eigenvalue weighted by Gasteiger charge is -2.35. The standard InChI is InChI=1S/C10H20N4O3S/c1-13(2)10(15)9-7-11-5-6-14(9)18(16,17)12-8-3-4-8/h8-9,11-12H,3-7H2,1-2H3. The Labute approximate surface area is 108 Å². The molecule has 0 radical (unpaired) electrons. The molecule has 1 aliphatic heterocycles. The fraction of sp³-hybridized carbons (Fsp3) is 0.900. The Balaban J connectivity index is 2.13. The molecule has 104 valence electrons. The van der Waals surface area contributed by atoms with Crippen LogP contribution in [0.15, 0.2) is 0 Å². The van der Waals surface area contributed by atoms with Crippen molar-refractivity contribution in [3.05, 3.63) is 0 Å². The van der Waals surface area contributed by atoms with Gasteiger partial charge in [0.15, 0.2) is 0 Å². The molecule has 1 atom stereocenters. The van der Waals surface area contributed by atoms with Gasteiger partial charge in [-0.3, -0.25) is 4.79 Å². The van der Waals surface area contributed by atoms with Gasteiger partial charge in [0, 0.05) is 39.8 Å². The first-order chi connectivity index (χ1) is 8.42. The molecule has 1 unspecified atom stereocenters. The second-order valence-electron chi connectivity index (χ2n) is 4.96. The van der Waals surface area contributed by atoms with Crippen LogP contribution in [0.4, 0.5) is 0 Å². The number of likely N-dealkylation sites (N-methyl/N-ethyl adjacent to an activating group) is 1. The molecule has 2 N–H and O–H groups in total. The quantitative estimate of drug-likeness (QED) is 0.644. The molecule has 0 aromatic carbocycles. The molecule has 2 aliphatic rings. The molecule has 1 amide bonds. The highest BCUT2D eigenvalue weighted by Crippen LogP contribution is 2.21. The second kappa shape index (κ2) is 5.12. The summed E-state index contributed by atoms with van der Waals surface area (Å²) in [5.74, 6) is -0.191. The van der Waals surface area contributed by atoms with E-state index in [4.69, 9.17) is 0 Å². The van der Waals surface area contributed by atoms with Crippen molar-refractivity contribution in [2.45, 2.75) is 24.9 Å². The number of piperazine rings is 1. The lowest BCUT2D eigenvalue weighted by Crippen LogP contribution is -2.61. The van der Waals surface area contributed by atoms with Crippen LogP contribution in [0.25, 0.3) is 0 Å². The summed E-state index contributed by atoms with van der Waals surface area (Å²) in [7, 11) is -0.282. The van der Waals surface area contributed by atoms with Gasteiger partial charge in [0.2, 0.25) is 5.91 Å². The maximum atomic E-state index is 12.2. The molecular formula is C10H20N4O3S. The molecule has 2 rings (SSSR count). The van der Waals surface area contributed by atoms with E-state index in [2.05, 4.69) is 10.0 Å². The van der Waals surface area contributed by atoms with E-state index in [1.165, 1.54) is 9.21 Å². The van der Waals surface area contributed by atoms with Crippen LogP contribution in [0.1, 0.15) is 12.8 Å². The number of amides is 1. The number of carbonyl (C=O) groups is 1. The number of nitrogens with zero attached hydrogens (tertiary/aromatic N) is 2. The van der Waals surface area contributed by atoms with E-state index in [9.17, 15) is 13.2 Å². The minimum absolute atomic E-state index is 0.0555. The number of nitrogens with one attached hydrogen (secondary N) is 2. The molecule has 0 aromatic heterocycles. The van der Waals surface area contributed by atoms with Crippen LogP contribution in [0.3, 0.4) is 0 Å². The second-order valence-corrected chi connectivity index (χ2v) is 6.62. The Hall–Kier alpha value is -0.700. The van der Waals surface area contributed by atoms with Crippen molar-refractivity contribution >= 4 is 16.1 Å². The normalized spacial score (nSPS) is 26.0. The first kappa shape index (κ1) is 13.7. The molecule has 0 aromatic rings. The molecule has 1 saturated heterocycles. The van der Waals surface area contributed by atoms with Gasteiger partial charge in [-0.15, -0.1) is 0 Å². The van der Waals surface area contributed by atoms with E-state index >= 15 is 0 Å². The van der Waals surface area contributed by atoms with E-state index in [0.29, 0.717) is 19.6 Å². The van der Waals surface area contributed by atoms with Gasteiger partial charge in [-0.2, -0.15) is 17.4 Å². The molecule has 18 heavy (non-hydrogen) atoms. The van der Waals surface area contributed by atoms with E-state index in [1.54, 1.807) is 14.1 Å². The predicted molar refractivity (Wildman–Crippen MR) is 67.1 cm³/mol. The zero-order valence-corrected chi connectivity index (χ0v) is 11.5. The summed E-state index contributed by atoms with van der Waals surface area (Å²) in [5.41, 5.74) is 0. The molecular weight excluding hydrogens is 256 g/mol. The minimum atomic E-state index is -3.55. The van der Waals surface area contributed by atoms with Gasteiger partial charge in [0.05, 0.1) is 0 Å². The fourth-order valence-corrected chi connectivity index (χ4v) is 3.59. The molecule has 2 fully saturated rings. The molecule has 8 heteroatoms. The van der Waals surface area contributed by atoms with Crippen LogP contribution in [-0.4, -0.2) is 69.3 Å². The van der Waals surface area contributed by atoms with Crippen molar-refractivity contribution in [3.63, 3.8) is 0 Å². The van der Waals surface area contributed by atoms with Crippen LogP contribution in [-0.2, 0) is 15.0 Å². The Kier molecular flexibility index (Phi) is 3.90. The lowest BCUT2D eigenvalue weighted by atomic mass is 10.2. The SMILES string of the molecule is CN(C)C(=O)C1CNCCN1S(=O)(=O)NC1CC1. The van der Waals surface area contributed by atoms with Gasteiger partial charge < -0.3 is 10.2 Å². The van der Waals surface area contributed by atoms with Crippen molar-refractivity contribution in [3.8, 4) is 0 Å². The van der Waals surface area contributed by atoms with Crippen molar-refractivity contribution in [1.82, 2.24) is 19.2 Å². The van der Waals surface area contributed by atoms with E-state index in [1.807, 2.05) is 0 Å². The largest absolute Gasteiger partial charge is 0.347 e. The summed E-state index contributed by atoms with van der Waals surface area (Å²) in [5, 5.41) is 3.06. The number of rotatable bonds is 4. The Morgan fingerprint density at radius 2 is 2.06 bits per heavy atom. The molecule has 0 spiro atoms. The summed E-state index contributed by atoms with van der Waals surface area (Å²) in [6, 6.07) is -0.593. The number of hydrogen-bond acceptors (Lipinski definition) is 4. The number of hydrogen-bond donors (Lipinski definition) is 2. The third-order valence-electron chi connectivity index (χ3n) is 3.12. The molecule has 1 saturated carbocycles. The zero-order valence-electron chi connectivity index (χ0n) is 10.7. The highest BCUT2D eigenvalue weighted by molar-refractivity contribution is 7.87. The fourth-order valence-electron chi connectivity index (χ4n) is 1.96. The van der Waals surface area contributed by atoms with Gasteiger partial charge >= 0.3 is 0 Å². The first-order valence-corrected chi connectivity index (χ1v) is 7.57. The summed E-state index contributed by atoms with van der Waals surface area (Å²) in [6.45, 7) is 1.26. The summed E-state index contributed by atoms with van der Waals surface area (Å²) in [4.78, 5) is 13.4. The minimum Gasteiger partial charge on any atom is -0.347 e. The third kappa shape index (κ3) is 3.00. The average Bonchev–Trinajstić information content (AvgIpc) is 3.11.